The van der Waals surface area contributed by atoms with Gasteiger partial charge in [-0.3, -0.25) is 5.43 Å². The van der Waals surface area contributed by atoms with E-state index in [-0.39, 0.29) is 12.4 Å². The van der Waals surface area contributed by atoms with E-state index in [2.05, 4.69) is 15.5 Å². The lowest BCUT2D eigenvalue weighted by Gasteiger charge is -2.08. The minimum atomic E-state index is -0.380. The average molecular weight is 438 g/mol. The zero-order valence-electron chi connectivity index (χ0n) is 15.8. The lowest BCUT2D eigenvalue weighted by atomic mass is 10.2. The van der Waals surface area contributed by atoms with Crippen LogP contribution in [0.15, 0.2) is 83.3 Å². The highest BCUT2D eigenvalue weighted by Crippen LogP contribution is 2.25. The molecule has 0 saturated carbocycles. The third-order valence-electron chi connectivity index (χ3n) is 4.27. The Kier molecular flexibility index (Phi) is 6.37. The fourth-order valence-electron chi connectivity index (χ4n) is 2.70. The second kappa shape index (κ2) is 9.52. The van der Waals surface area contributed by atoms with Crippen molar-refractivity contribution >= 4 is 34.3 Å². The van der Waals surface area contributed by atoms with Crippen LogP contribution < -0.4 is 10.2 Å². The fourth-order valence-corrected chi connectivity index (χ4v) is 3.59. The topological polar surface area (TPSA) is 46.5 Å². The summed E-state index contributed by atoms with van der Waals surface area (Å²) < 4.78 is 19.4. The number of aromatic nitrogens is 1. The molecule has 0 unspecified atom stereocenters. The molecule has 3 aromatic carbocycles. The number of benzene rings is 3. The summed E-state index contributed by atoms with van der Waals surface area (Å²) in [6, 6.07) is 21.9. The van der Waals surface area contributed by atoms with E-state index in [9.17, 15) is 4.39 Å². The first-order valence-corrected chi connectivity index (χ1v) is 10.4. The van der Waals surface area contributed by atoms with Crippen molar-refractivity contribution in [2.24, 2.45) is 5.10 Å². The average Bonchev–Trinajstić information content (AvgIpc) is 3.24. The molecule has 150 valence electrons. The molecule has 0 aliphatic rings. The molecule has 0 atom stereocenters. The van der Waals surface area contributed by atoms with Gasteiger partial charge in [-0.1, -0.05) is 48.0 Å². The lowest BCUT2D eigenvalue weighted by Crippen LogP contribution is -1.99. The lowest BCUT2D eigenvalue weighted by molar-refractivity contribution is 0.300. The third-order valence-corrected chi connectivity index (χ3v) is 5.37. The van der Waals surface area contributed by atoms with Gasteiger partial charge < -0.3 is 4.74 Å². The highest BCUT2D eigenvalue weighted by Gasteiger charge is 2.07. The predicted octanol–water partition coefficient (Wildman–Crippen LogP) is 6.63. The summed E-state index contributed by atoms with van der Waals surface area (Å²) in [5.74, 6) is 0.238. The maximum absolute atomic E-state index is 13.8. The second-order valence-electron chi connectivity index (χ2n) is 6.33. The van der Waals surface area contributed by atoms with Gasteiger partial charge in [-0.2, -0.15) is 5.10 Å². The fraction of sp³-hybridized carbons (Fsp3) is 0.0435. The minimum absolute atomic E-state index is 0.0638. The molecule has 0 radical (unpaired) electrons. The van der Waals surface area contributed by atoms with Crippen molar-refractivity contribution < 1.29 is 9.13 Å². The summed E-state index contributed by atoms with van der Waals surface area (Å²) in [7, 11) is 0. The first kappa shape index (κ1) is 20.1. The van der Waals surface area contributed by atoms with Gasteiger partial charge in [-0.05, 0) is 42.0 Å². The van der Waals surface area contributed by atoms with Crippen LogP contribution in [0, 0.1) is 5.82 Å². The van der Waals surface area contributed by atoms with Gasteiger partial charge in [0.15, 0.2) is 0 Å². The summed E-state index contributed by atoms with van der Waals surface area (Å²) in [5, 5.41) is 7.28. The van der Waals surface area contributed by atoms with E-state index < -0.39 is 0 Å². The number of hydrazone groups is 1. The van der Waals surface area contributed by atoms with Crippen LogP contribution in [0.1, 0.15) is 11.1 Å². The summed E-state index contributed by atoms with van der Waals surface area (Å²) in [6.07, 6.45) is 1.70. The first-order chi connectivity index (χ1) is 14.7. The normalized spacial score (nSPS) is 11.0. The molecule has 0 bridgehead atoms. The molecular weight excluding hydrogens is 421 g/mol. The molecule has 0 spiro atoms. The van der Waals surface area contributed by atoms with Gasteiger partial charge >= 0.3 is 0 Å². The molecule has 0 amide bonds. The highest BCUT2D eigenvalue weighted by atomic mass is 35.5. The van der Waals surface area contributed by atoms with E-state index in [1.807, 2.05) is 47.8 Å². The highest BCUT2D eigenvalue weighted by molar-refractivity contribution is 7.14. The summed E-state index contributed by atoms with van der Waals surface area (Å²) >= 11 is 7.51. The first-order valence-electron chi connectivity index (χ1n) is 9.15. The number of nitrogens with zero attached hydrogens (tertiary/aromatic N) is 2. The Labute approximate surface area is 182 Å². The quantitative estimate of drug-likeness (QED) is 0.261. The van der Waals surface area contributed by atoms with Crippen LogP contribution in [0.5, 0.6) is 5.75 Å². The number of halogens is 2. The SMILES string of the molecule is Fc1cccc(Cl)c1COc1ccc(C=NNc2nc(-c3ccccc3)cs2)cc1. The number of anilines is 1. The second-order valence-corrected chi connectivity index (χ2v) is 7.60. The minimum Gasteiger partial charge on any atom is -0.489 e. The van der Waals surface area contributed by atoms with Gasteiger partial charge in [0, 0.05) is 16.5 Å². The number of hydrogen-bond acceptors (Lipinski definition) is 5. The predicted molar refractivity (Wildman–Crippen MR) is 121 cm³/mol. The number of nitrogens with one attached hydrogen (secondary N) is 1. The van der Waals surface area contributed by atoms with Crippen molar-refractivity contribution in [3.8, 4) is 17.0 Å². The Bertz CT molecular complexity index is 1130. The van der Waals surface area contributed by atoms with Crippen LogP contribution in [0.25, 0.3) is 11.3 Å². The molecule has 4 rings (SSSR count). The van der Waals surface area contributed by atoms with Gasteiger partial charge in [0.25, 0.3) is 0 Å². The van der Waals surface area contributed by atoms with Gasteiger partial charge in [-0.15, -0.1) is 11.3 Å². The van der Waals surface area contributed by atoms with Crippen LogP contribution in [-0.2, 0) is 6.61 Å². The van der Waals surface area contributed by atoms with Crippen LogP contribution in [-0.4, -0.2) is 11.2 Å². The zero-order valence-corrected chi connectivity index (χ0v) is 17.3. The van der Waals surface area contributed by atoms with Crippen LogP contribution >= 0.6 is 22.9 Å². The van der Waals surface area contributed by atoms with E-state index in [1.54, 1.807) is 30.5 Å². The molecule has 30 heavy (non-hydrogen) atoms. The number of hydrogen-bond donors (Lipinski definition) is 1. The molecule has 0 saturated heterocycles. The molecule has 7 heteroatoms. The van der Waals surface area contributed by atoms with Crippen molar-refractivity contribution in [1.29, 1.82) is 0 Å². The van der Waals surface area contributed by atoms with Crippen LogP contribution in [0.3, 0.4) is 0 Å². The standard InChI is InChI=1S/C23H17ClFN3OS/c24-20-7-4-8-21(25)19(20)14-29-18-11-9-16(10-12-18)13-26-28-23-27-22(15-30-23)17-5-2-1-3-6-17/h1-13,15H,14H2,(H,27,28). The molecule has 1 N–H and O–H groups in total. The van der Waals surface area contributed by atoms with Gasteiger partial charge in [0.05, 0.1) is 16.9 Å². The number of ether oxygens (including phenoxy) is 1. The summed E-state index contributed by atoms with van der Waals surface area (Å²) in [4.78, 5) is 4.53. The van der Waals surface area contributed by atoms with Crippen molar-refractivity contribution in [1.82, 2.24) is 4.98 Å². The Morgan fingerprint density at radius 1 is 1.03 bits per heavy atom. The molecule has 1 heterocycles. The number of rotatable bonds is 7. The van der Waals surface area contributed by atoms with Crippen LogP contribution in [0.2, 0.25) is 5.02 Å². The Balaban J connectivity index is 1.32. The molecule has 0 fully saturated rings. The molecule has 1 aromatic heterocycles. The molecular formula is C23H17ClFN3OS. The monoisotopic (exact) mass is 437 g/mol. The van der Waals surface area contributed by atoms with Crippen molar-refractivity contribution in [2.45, 2.75) is 6.61 Å². The van der Waals surface area contributed by atoms with Gasteiger partial charge in [-0.25, -0.2) is 9.37 Å². The van der Waals surface area contributed by atoms with Crippen molar-refractivity contribution in [3.05, 3.63) is 100 Å². The zero-order chi connectivity index (χ0) is 20.8. The number of thiazole rings is 1. The summed E-state index contributed by atoms with van der Waals surface area (Å²) in [5.41, 5.74) is 6.15. The Hall–Kier alpha value is -3.22. The van der Waals surface area contributed by atoms with Crippen molar-refractivity contribution in [3.63, 3.8) is 0 Å². The molecule has 4 aromatic rings. The van der Waals surface area contributed by atoms with Crippen LogP contribution in [0.4, 0.5) is 9.52 Å². The van der Waals surface area contributed by atoms with E-state index in [0.717, 1.165) is 16.8 Å². The Morgan fingerprint density at radius 3 is 2.60 bits per heavy atom. The Morgan fingerprint density at radius 2 is 1.83 bits per heavy atom. The van der Waals surface area contributed by atoms with Gasteiger partial charge in [0.1, 0.15) is 18.2 Å². The van der Waals surface area contributed by atoms with E-state index >= 15 is 0 Å². The van der Waals surface area contributed by atoms with Gasteiger partial charge in [0.2, 0.25) is 5.13 Å². The van der Waals surface area contributed by atoms with E-state index in [1.165, 1.54) is 17.4 Å². The molecule has 0 aliphatic carbocycles. The van der Waals surface area contributed by atoms with E-state index in [4.69, 9.17) is 16.3 Å². The third kappa shape index (κ3) is 5.03. The molecule has 4 nitrogen and oxygen atoms in total. The summed E-state index contributed by atoms with van der Waals surface area (Å²) in [6.45, 7) is 0.0638. The largest absolute Gasteiger partial charge is 0.489 e. The van der Waals surface area contributed by atoms with Crippen molar-refractivity contribution in [2.75, 3.05) is 5.43 Å². The molecule has 0 aliphatic heterocycles. The maximum Gasteiger partial charge on any atom is 0.203 e. The van der Waals surface area contributed by atoms with E-state index in [0.29, 0.717) is 21.5 Å². The smallest absolute Gasteiger partial charge is 0.203 e. The maximum atomic E-state index is 13.8.